The standard InChI is InChI=1S/C55H39NO/c1-55(2)50-20-12-11-18-45(50)46-31-29-42(33-51(46)55)56(41-27-25-39(26-28-41)38-23-21-37(22-24-38)36-13-5-3-6-14-36)43-30-32-48-52(34-43)57-53-35-49(40-15-7-4-8-16-40)44-17-9-10-19-47(44)54(48)53/h3-35H,1-2H3. The second-order valence-electron chi connectivity index (χ2n) is 15.7. The second-order valence-corrected chi connectivity index (χ2v) is 15.7. The normalized spacial score (nSPS) is 12.9. The molecule has 1 heterocycles. The zero-order valence-electron chi connectivity index (χ0n) is 31.9. The van der Waals surface area contributed by atoms with Crippen molar-refractivity contribution in [2.75, 3.05) is 4.90 Å². The van der Waals surface area contributed by atoms with E-state index in [1.54, 1.807) is 0 Å². The van der Waals surface area contributed by atoms with Crippen LogP contribution >= 0.6 is 0 Å². The highest BCUT2D eigenvalue weighted by Gasteiger charge is 2.35. The van der Waals surface area contributed by atoms with Crippen LogP contribution in [0.4, 0.5) is 17.1 Å². The molecule has 9 aromatic carbocycles. The van der Waals surface area contributed by atoms with Gasteiger partial charge in [0.15, 0.2) is 0 Å². The van der Waals surface area contributed by atoms with Gasteiger partial charge in [0.25, 0.3) is 0 Å². The summed E-state index contributed by atoms with van der Waals surface area (Å²) in [6, 6.07) is 72.4. The van der Waals surface area contributed by atoms with Gasteiger partial charge in [0.05, 0.1) is 0 Å². The number of anilines is 3. The third kappa shape index (κ3) is 5.40. The van der Waals surface area contributed by atoms with Gasteiger partial charge in [0.1, 0.15) is 11.2 Å². The van der Waals surface area contributed by atoms with Gasteiger partial charge in [-0.15, -0.1) is 0 Å². The maximum absolute atomic E-state index is 6.83. The van der Waals surface area contributed by atoms with Crippen LogP contribution in [0, 0.1) is 0 Å². The lowest BCUT2D eigenvalue weighted by Crippen LogP contribution is -2.16. The van der Waals surface area contributed by atoms with Crippen LogP contribution in [0.3, 0.4) is 0 Å². The highest BCUT2D eigenvalue weighted by molar-refractivity contribution is 6.22. The molecule has 0 atom stereocenters. The van der Waals surface area contributed by atoms with Gasteiger partial charge in [-0.3, -0.25) is 0 Å². The van der Waals surface area contributed by atoms with E-state index in [1.165, 1.54) is 66.4 Å². The summed E-state index contributed by atoms with van der Waals surface area (Å²) < 4.78 is 6.83. The minimum Gasteiger partial charge on any atom is -0.456 e. The average molecular weight is 730 g/mol. The lowest BCUT2D eigenvalue weighted by molar-refractivity contribution is 0.660. The van der Waals surface area contributed by atoms with Crippen LogP contribution in [0.1, 0.15) is 25.0 Å². The van der Waals surface area contributed by atoms with Crippen LogP contribution in [0.25, 0.3) is 77.2 Å². The second kappa shape index (κ2) is 13.0. The number of fused-ring (bicyclic) bond motifs is 8. The summed E-state index contributed by atoms with van der Waals surface area (Å²) in [6.07, 6.45) is 0. The molecule has 1 aromatic heterocycles. The molecule has 0 amide bonds. The molecule has 0 radical (unpaired) electrons. The Morgan fingerprint density at radius 3 is 1.60 bits per heavy atom. The Balaban J connectivity index is 1.05. The summed E-state index contributed by atoms with van der Waals surface area (Å²) in [5.41, 5.74) is 17.4. The maximum atomic E-state index is 6.83. The lowest BCUT2D eigenvalue weighted by Gasteiger charge is -2.28. The first-order valence-corrected chi connectivity index (χ1v) is 19.8. The van der Waals surface area contributed by atoms with Gasteiger partial charge in [-0.1, -0.05) is 166 Å². The smallest absolute Gasteiger partial charge is 0.137 e. The molecule has 1 aliphatic rings. The van der Waals surface area contributed by atoms with Gasteiger partial charge < -0.3 is 9.32 Å². The summed E-state index contributed by atoms with van der Waals surface area (Å²) in [7, 11) is 0. The van der Waals surface area contributed by atoms with E-state index in [0.717, 1.165) is 39.0 Å². The summed E-state index contributed by atoms with van der Waals surface area (Å²) in [5.74, 6) is 0. The van der Waals surface area contributed by atoms with Crippen LogP contribution in [-0.2, 0) is 5.41 Å². The predicted molar refractivity (Wildman–Crippen MR) is 240 cm³/mol. The third-order valence-electron chi connectivity index (χ3n) is 12.1. The van der Waals surface area contributed by atoms with Gasteiger partial charge in [-0.05, 0) is 109 Å². The van der Waals surface area contributed by atoms with E-state index in [4.69, 9.17) is 4.42 Å². The number of nitrogens with zero attached hydrogens (tertiary/aromatic N) is 1. The molecule has 0 saturated carbocycles. The van der Waals surface area contributed by atoms with Crippen molar-refractivity contribution in [2.24, 2.45) is 0 Å². The number of furan rings is 1. The molecule has 2 nitrogen and oxygen atoms in total. The zero-order chi connectivity index (χ0) is 38.1. The van der Waals surface area contributed by atoms with Crippen molar-refractivity contribution in [1.82, 2.24) is 0 Å². The minimum absolute atomic E-state index is 0.121. The monoisotopic (exact) mass is 729 g/mol. The topological polar surface area (TPSA) is 16.4 Å². The molecule has 0 spiro atoms. The molecule has 0 unspecified atom stereocenters. The molecular weight excluding hydrogens is 691 g/mol. The summed E-state index contributed by atoms with van der Waals surface area (Å²) >= 11 is 0. The fourth-order valence-corrected chi connectivity index (χ4v) is 9.19. The molecule has 0 N–H and O–H groups in total. The van der Waals surface area contributed by atoms with Crippen LogP contribution < -0.4 is 4.90 Å². The van der Waals surface area contributed by atoms with Crippen molar-refractivity contribution in [2.45, 2.75) is 19.3 Å². The molecule has 270 valence electrons. The highest BCUT2D eigenvalue weighted by atomic mass is 16.3. The van der Waals surface area contributed by atoms with Crippen LogP contribution in [0.15, 0.2) is 205 Å². The van der Waals surface area contributed by atoms with Gasteiger partial charge in [-0.2, -0.15) is 0 Å². The van der Waals surface area contributed by atoms with E-state index in [9.17, 15) is 0 Å². The first kappa shape index (κ1) is 33.2. The van der Waals surface area contributed by atoms with Gasteiger partial charge in [0, 0.05) is 39.3 Å². The Hall–Kier alpha value is -7.16. The molecule has 0 saturated heterocycles. The van der Waals surface area contributed by atoms with E-state index >= 15 is 0 Å². The minimum atomic E-state index is -0.121. The molecule has 57 heavy (non-hydrogen) atoms. The van der Waals surface area contributed by atoms with Crippen LogP contribution in [0.5, 0.6) is 0 Å². The Bertz CT molecular complexity index is 3120. The van der Waals surface area contributed by atoms with Gasteiger partial charge in [-0.25, -0.2) is 0 Å². The third-order valence-corrected chi connectivity index (χ3v) is 12.1. The van der Waals surface area contributed by atoms with Gasteiger partial charge >= 0.3 is 0 Å². The molecule has 0 aliphatic heterocycles. The highest BCUT2D eigenvalue weighted by Crippen LogP contribution is 2.51. The number of hydrogen-bond acceptors (Lipinski definition) is 2. The Labute approximate surface area is 332 Å². The van der Waals surface area contributed by atoms with Crippen molar-refractivity contribution in [1.29, 1.82) is 0 Å². The summed E-state index contributed by atoms with van der Waals surface area (Å²) in [4.78, 5) is 2.38. The van der Waals surface area contributed by atoms with Crippen LogP contribution in [0.2, 0.25) is 0 Å². The van der Waals surface area contributed by atoms with E-state index in [0.29, 0.717) is 0 Å². The van der Waals surface area contributed by atoms with E-state index in [1.807, 2.05) is 0 Å². The van der Waals surface area contributed by atoms with Crippen LogP contribution in [-0.4, -0.2) is 0 Å². The lowest BCUT2D eigenvalue weighted by atomic mass is 9.82. The van der Waals surface area contributed by atoms with E-state index in [2.05, 4.69) is 219 Å². The quantitative estimate of drug-likeness (QED) is 0.169. The van der Waals surface area contributed by atoms with E-state index < -0.39 is 0 Å². The van der Waals surface area contributed by atoms with Crippen molar-refractivity contribution >= 4 is 49.8 Å². The first-order chi connectivity index (χ1) is 28.0. The van der Waals surface area contributed by atoms with Gasteiger partial charge in [0.2, 0.25) is 0 Å². The number of hydrogen-bond donors (Lipinski definition) is 0. The molecule has 1 aliphatic carbocycles. The summed E-state index contributed by atoms with van der Waals surface area (Å²) in [6.45, 7) is 4.69. The van der Waals surface area contributed by atoms with Crippen molar-refractivity contribution in [3.8, 4) is 44.5 Å². The SMILES string of the molecule is CC1(C)c2ccccc2-c2ccc(N(c3ccc(-c4ccc(-c5ccccc5)cc4)cc3)c3ccc4c(c3)oc3cc(-c5ccccc5)c5ccccc5c34)cc21. The average Bonchev–Trinajstić information content (AvgIpc) is 3.75. The van der Waals surface area contributed by atoms with Crippen molar-refractivity contribution in [3.05, 3.63) is 211 Å². The zero-order valence-corrected chi connectivity index (χ0v) is 31.9. The Kier molecular flexibility index (Phi) is 7.55. The largest absolute Gasteiger partial charge is 0.456 e. The molecule has 10 aromatic rings. The van der Waals surface area contributed by atoms with Crippen molar-refractivity contribution < 1.29 is 4.42 Å². The number of rotatable bonds is 6. The molecular formula is C55H39NO. The van der Waals surface area contributed by atoms with Crippen molar-refractivity contribution in [3.63, 3.8) is 0 Å². The van der Waals surface area contributed by atoms with E-state index in [-0.39, 0.29) is 5.41 Å². The molecule has 0 bridgehead atoms. The fraction of sp³-hybridized carbons (Fsp3) is 0.0545. The molecule has 0 fully saturated rings. The number of benzene rings is 9. The first-order valence-electron chi connectivity index (χ1n) is 19.8. The molecule has 2 heteroatoms. The summed E-state index contributed by atoms with van der Waals surface area (Å²) in [5, 5.41) is 4.69. The molecule has 11 rings (SSSR count). The predicted octanol–water partition coefficient (Wildman–Crippen LogP) is 15.5. The Morgan fingerprint density at radius 2 is 0.877 bits per heavy atom. The maximum Gasteiger partial charge on any atom is 0.137 e. The fourth-order valence-electron chi connectivity index (χ4n) is 9.19. The Morgan fingerprint density at radius 1 is 0.351 bits per heavy atom.